The molecule has 4 nitrogen and oxygen atoms in total. The summed E-state index contributed by atoms with van der Waals surface area (Å²) < 4.78 is 2.15. The summed E-state index contributed by atoms with van der Waals surface area (Å²) in [6.07, 6.45) is 10.9. The van der Waals surface area contributed by atoms with E-state index in [1.54, 1.807) is 0 Å². The van der Waals surface area contributed by atoms with Gasteiger partial charge >= 0.3 is 0 Å². The van der Waals surface area contributed by atoms with Gasteiger partial charge in [0.1, 0.15) is 0 Å². The highest BCUT2D eigenvalue weighted by Gasteiger charge is 2.28. The fraction of sp³-hybridized carbons (Fsp3) is 0.786. The van der Waals surface area contributed by atoms with Crippen LogP contribution in [0.4, 0.5) is 0 Å². The Labute approximate surface area is 110 Å². The lowest BCUT2D eigenvalue weighted by atomic mass is 9.87. The number of likely N-dealkylation sites (tertiary alicyclic amines) is 1. The van der Waals surface area contributed by atoms with Crippen LogP contribution >= 0.6 is 0 Å². The first-order chi connectivity index (χ1) is 8.85. The van der Waals surface area contributed by atoms with E-state index in [1.807, 2.05) is 18.7 Å². The van der Waals surface area contributed by atoms with Gasteiger partial charge in [-0.3, -0.25) is 4.90 Å². The predicted molar refractivity (Wildman–Crippen MR) is 74.3 cm³/mol. The molecule has 2 unspecified atom stereocenters. The summed E-state index contributed by atoms with van der Waals surface area (Å²) in [6, 6.07) is 0.603. The maximum Gasteiger partial charge on any atom is 0.0945 e. The second-order valence-electron chi connectivity index (χ2n) is 5.30. The average Bonchev–Trinajstić information content (AvgIpc) is 2.91. The van der Waals surface area contributed by atoms with E-state index < -0.39 is 0 Å². The molecule has 1 aromatic rings. The van der Waals surface area contributed by atoms with E-state index in [4.69, 9.17) is 5.73 Å². The minimum absolute atomic E-state index is 0.603. The summed E-state index contributed by atoms with van der Waals surface area (Å²) in [7, 11) is 0. The van der Waals surface area contributed by atoms with E-state index in [1.165, 1.54) is 32.2 Å². The third-order valence-electron chi connectivity index (χ3n) is 4.22. The number of hydrogen-bond donors (Lipinski definition) is 1. The topological polar surface area (TPSA) is 47.1 Å². The highest BCUT2D eigenvalue weighted by molar-refractivity contribution is 4.84. The van der Waals surface area contributed by atoms with Crippen LogP contribution in [0.15, 0.2) is 18.7 Å². The molecule has 0 amide bonds. The molecule has 2 heterocycles. The largest absolute Gasteiger partial charge is 0.337 e. The van der Waals surface area contributed by atoms with Gasteiger partial charge in [-0.1, -0.05) is 13.3 Å². The first kappa shape index (κ1) is 13.6. The van der Waals surface area contributed by atoms with Crippen LogP contribution in [0.3, 0.4) is 0 Å². The molecule has 2 rings (SSSR count). The Morgan fingerprint density at radius 2 is 2.28 bits per heavy atom. The average molecular weight is 250 g/mol. The molecule has 0 saturated carbocycles. The summed E-state index contributed by atoms with van der Waals surface area (Å²) in [5, 5.41) is 0. The molecule has 2 atom stereocenters. The molecule has 0 bridgehead atoms. The first-order valence-corrected chi connectivity index (χ1v) is 7.25. The van der Waals surface area contributed by atoms with Crippen LogP contribution in [-0.4, -0.2) is 40.1 Å². The Balaban J connectivity index is 1.79. The van der Waals surface area contributed by atoms with Crippen molar-refractivity contribution >= 4 is 0 Å². The number of nitrogens with zero attached hydrogens (tertiary/aromatic N) is 3. The molecule has 0 aliphatic carbocycles. The van der Waals surface area contributed by atoms with Crippen LogP contribution in [0.25, 0.3) is 0 Å². The van der Waals surface area contributed by atoms with Crippen LogP contribution in [-0.2, 0) is 6.54 Å². The van der Waals surface area contributed by atoms with Crippen LogP contribution < -0.4 is 5.73 Å². The lowest BCUT2D eigenvalue weighted by molar-refractivity contribution is 0.0929. The number of imidazole rings is 1. The van der Waals surface area contributed by atoms with Crippen molar-refractivity contribution in [2.75, 3.05) is 19.6 Å². The number of aryl methyl sites for hydroxylation is 1. The molecule has 1 aromatic heterocycles. The summed E-state index contributed by atoms with van der Waals surface area (Å²) in [4.78, 5) is 6.68. The van der Waals surface area contributed by atoms with Crippen molar-refractivity contribution < 1.29 is 0 Å². The molecule has 1 aliphatic heterocycles. The minimum atomic E-state index is 0.603. The van der Waals surface area contributed by atoms with Crippen LogP contribution in [0.5, 0.6) is 0 Å². The fourth-order valence-corrected chi connectivity index (χ4v) is 3.18. The van der Waals surface area contributed by atoms with E-state index in [9.17, 15) is 0 Å². The van der Waals surface area contributed by atoms with Crippen molar-refractivity contribution in [3.63, 3.8) is 0 Å². The summed E-state index contributed by atoms with van der Waals surface area (Å²) in [6.45, 7) is 6.55. The molecule has 0 aromatic carbocycles. The molecule has 2 N–H and O–H groups in total. The molecule has 1 saturated heterocycles. The van der Waals surface area contributed by atoms with Crippen molar-refractivity contribution in [1.29, 1.82) is 0 Å². The molecule has 102 valence electrons. The maximum atomic E-state index is 5.97. The number of hydrogen-bond acceptors (Lipinski definition) is 3. The second kappa shape index (κ2) is 6.90. The van der Waals surface area contributed by atoms with Gasteiger partial charge in [-0.05, 0) is 31.7 Å². The third-order valence-corrected chi connectivity index (χ3v) is 4.22. The van der Waals surface area contributed by atoms with E-state index in [0.717, 1.165) is 25.6 Å². The van der Waals surface area contributed by atoms with Gasteiger partial charge in [-0.25, -0.2) is 4.98 Å². The molecule has 18 heavy (non-hydrogen) atoms. The zero-order chi connectivity index (χ0) is 12.8. The van der Waals surface area contributed by atoms with Gasteiger partial charge in [0.25, 0.3) is 0 Å². The molecule has 1 aliphatic rings. The molecule has 0 spiro atoms. The molecular weight excluding hydrogens is 224 g/mol. The number of nitrogens with two attached hydrogens (primary N) is 1. The summed E-state index contributed by atoms with van der Waals surface area (Å²) in [5.74, 6) is 0.803. The molecule has 1 fully saturated rings. The Morgan fingerprint density at radius 1 is 1.39 bits per heavy atom. The van der Waals surface area contributed by atoms with Crippen molar-refractivity contribution in [3.8, 4) is 0 Å². The normalized spacial score (nSPS) is 25.4. The number of aromatic nitrogens is 2. The number of rotatable bonds is 6. The Hall–Kier alpha value is -0.870. The molecular formula is C14H26N4. The van der Waals surface area contributed by atoms with Gasteiger partial charge in [0.15, 0.2) is 0 Å². The van der Waals surface area contributed by atoms with E-state index in [-0.39, 0.29) is 0 Å². The van der Waals surface area contributed by atoms with Crippen LogP contribution in [0, 0.1) is 5.92 Å². The second-order valence-corrected chi connectivity index (χ2v) is 5.30. The standard InChI is InChI=1S/C14H26N4/c1-2-13-5-3-8-18(14(13)11-15)9-4-7-17-10-6-16-12-17/h6,10,12-14H,2-5,7-9,11,15H2,1H3. The molecule has 4 heteroatoms. The Morgan fingerprint density at radius 3 is 2.94 bits per heavy atom. The zero-order valence-electron chi connectivity index (χ0n) is 11.5. The highest BCUT2D eigenvalue weighted by atomic mass is 15.2. The van der Waals surface area contributed by atoms with Gasteiger partial charge in [0.2, 0.25) is 0 Å². The van der Waals surface area contributed by atoms with E-state index in [0.29, 0.717) is 6.04 Å². The van der Waals surface area contributed by atoms with Gasteiger partial charge in [-0.2, -0.15) is 0 Å². The van der Waals surface area contributed by atoms with Gasteiger partial charge in [-0.15, -0.1) is 0 Å². The van der Waals surface area contributed by atoms with Crippen LogP contribution in [0.1, 0.15) is 32.6 Å². The smallest absolute Gasteiger partial charge is 0.0945 e. The molecule has 0 radical (unpaired) electrons. The minimum Gasteiger partial charge on any atom is -0.337 e. The SMILES string of the molecule is CCC1CCCN(CCCn2ccnc2)C1CN. The predicted octanol–water partition coefficient (Wildman–Crippen LogP) is 1.72. The maximum absolute atomic E-state index is 5.97. The highest BCUT2D eigenvalue weighted by Crippen LogP contribution is 2.25. The Kier molecular flexibility index (Phi) is 5.20. The summed E-state index contributed by atoms with van der Waals surface area (Å²) >= 11 is 0. The van der Waals surface area contributed by atoms with Crippen molar-refractivity contribution in [2.24, 2.45) is 11.7 Å². The number of piperidine rings is 1. The summed E-state index contributed by atoms with van der Waals surface area (Å²) in [5.41, 5.74) is 5.97. The van der Waals surface area contributed by atoms with E-state index in [2.05, 4.69) is 21.4 Å². The van der Waals surface area contributed by atoms with Crippen LogP contribution in [0.2, 0.25) is 0 Å². The fourth-order valence-electron chi connectivity index (χ4n) is 3.18. The zero-order valence-corrected chi connectivity index (χ0v) is 11.5. The van der Waals surface area contributed by atoms with Crippen molar-refractivity contribution in [1.82, 2.24) is 14.5 Å². The van der Waals surface area contributed by atoms with Gasteiger partial charge in [0, 0.05) is 38.1 Å². The Bertz CT molecular complexity index is 323. The lowest BCUT2D eigenvalue weighted by Gasteiger charge is -2.40. The van der Waals surface area contributed by atoms with E-state index >= 15 is 0 Å². The van der Waals surface area contributed by atoms with Crippen molar-refractivity contribution in [3.05, 3.63) is 18.7 Å². The first-order valence-electron chi connectivity index (χ1n) is 7.25. The monoisotopic (exact) mass is 250 g/mol. The lowest BCUT2D eigenvalue weighted by Crippen LogP contribution is -2.49. The third kappa shape index (κ3) is 3.33. The van der Waals surface area contributed by atoms with Gasteiger partial charge in [0.05, 0.1) is 6.33 Å². The van der Waals surface area contributed by atoms with Crippen molar-refractivity contribution in [2.45, 2.75) is 45.2 Å². The quantitative estimate of drug-likeness (QED) is 0.836. The van der Waals surface area contributed by atoms with Gasteiger partial charge < -0.3 is 10.3 Å².